The number of hydrogen-bond donors (Lipinski definition) is 4. The van der Waals surface area contributed by atoms with Crippen LogP contribution in [0.2, 0.25) is 0 Å². The molecular weight excluding hydrogens is 384 g/mol. The van der Waals surface area contributed by atoms with E-state index in [2.05, 4.69) is 59.4 Å². The van der Waals surface area contributed by atoms with Crippen LogP contribution in [0.1, 0.15) is 37.8 Å². The number of unbranched alkanes of at least 4 members (excludes halogenated alkanes) is 1. The van der Waals surface area contributed by atoms with Crippen LogP contribution < -0.4 is 21.3 Å². The number of aryl methyl sites for hydroxylation is 2. The minimum Gasteiger partial charge on any atom is -0.362 e. The van der Waals surface area contributed by atoms with Gasteiger partial charge in [-0.3, -0.25) is 0 Å². The molecular formula is C22H30N4S2. The molecule has 0 aliphatic rings. The van der Waals surface area contributed by atoms with Crippen LogP contribution in [0, 0.1) is 0 Å². The standard InChI is InChI=1S/C22H30N4S2/c1-3-17-11-5-7-13-19(17)25-21(27)23-15-9-10-16-24-22(28)26-20-14-8-6-12-18(20)4-2/h5-8,11-14H,3-4,9-10,15-16H2,1-2H3,(H2,23,25,27)(H2,24,26,28). The van der Waals surface area contributed by atoms with Gasteiger partial charge in [0, 0.05) is 24.5 Å². The van der Waals surface area contributed by atoms with Gasteiger partial charge >= 0.3 is 0 Å². The quantitative estimate of drug-likeness (QED) is 0.347. The van der Waals surface area contributed by atoms with Gasteiger partial charge in [-0.15, -0.1) is 0 Å². The van der Waals surface area contributed by atoms with Crippen LogP contribution >= 0.6 is 24.4 Å². The van der Waals surface area contributed by atoms with Crippen molar-refractivity contribution in [3.05, 3.63) is 59.7 Å². The van der Waals surface area contributed by atoms with Crippen molar-refractivity contribution in [2.45, 2.75) is 39.5 Å². The average molecular weight is 415 g/mol. The van der Waals surface area contributed by atoms with Crippen LogP contribution in [0.15, 0.2) is 48.5 Å². The van der Waals surface area contributed by atoms with Gasteiger partial charge in [0.2, 0.25) is 0 Å². The molecule has 0 saturated heterocycles. The highest BCUT2D eigenvalue weighted by Crippen LogP contribution is 2.16. The molecule has 0 aliphatic carbocycles. The summed E-state index contributed by atoms with van der Waals surface area (Å²) in [7, 11) is 0. The molecule has 4 nitrogen and oxygen atoms in total. The number of hydrogen-bond acceptors (Lipinski definition) is 2. The van der Waals surface area contributed by atoms with E-state index in [-0.39, 0.29) is 0 Å². The van der Waals surface area contributed by atoms with Gasteiger partial charge in [-0.05, 0) is 73.4 Å². The topological polar surface area (TPSA) is 48.1 Å². The highest BCUT2D eigenvalue weighted by molar-refractivity contribution is 7.80. The van der Waals surface area contributed by atoms with Crippen molar-refractivity contribution in [2.75, 3.05) is 23.7 Å². The summed E-state index contributed by atoms with van der Waals surface area (Å²) in [5.74, 6) is 0. The molecule has 0 amide bonds. The summed E-state index contributed by atoms with van der Waals surface area (Å²) in [5.41, 5.74) is 4.68. The van der Waals surface area contributed by atoms with Gasteiger partial charge in [0.1, 0.15) is 0 Å². The lowest BCUT2D eigenvalue weighted by atomic mass is 10.1. The zero-order valence-electron chi connectivity index (χ0n) is 16.7. The SMILES string of the molecule is CCc1ccccc1NC(=S)NCCCCNC(=S)Nc1ccccc1CC. The Morgan fingerprint density at radius 1 is 0.679 bits per heavy atom. The van der Waals surface area contributed by atoms with E-state index in [0.29, 0.717) is 10.2 Å². The molecule has 0 aromatic heterocycles. The first-order valence-corrected chi connectivity index (χ1v) is 10.7. The summed E-state index contributed by atoms with van der Waals surface area (Å²) in [4.78, 5) is 0. The van der Waals surface area contributed by atoms with Crippen LogP contribution in [0.25, 0.3) is 0 Å². The highest BCUT2D eigenvalue weighted by atomic mass is 32.1. The zero-order valence-corrected chi connectivity index (χ0v) is 18.3. The minimum atomic E-state index is 0.669. The number of para-hydroxylation sites is 2. The molecule has 2 aromatic rings. The molecule has 4 N–H and O–H groups in total. The maximum atomic E-state index is 5.39. The Labute approximate surface area is 179 Å². The average Bonchev–Trinajstić information content (AvgIpc) is 2.71. The van der Waals surface area contributed by atoms with Gasteiger partial charge < -0.3 is 21.3 Å². The molecule has 0 bridgehead atoms. The van der Waals surface area contributed by atoms with Crippen molar-refractivity contribution in [1.29, 1.82) is 0 Å². The van der Waals surface area contributed by atoms with E-state index in [0.717, 1.165) is 50.1 Å². The Bertz CT molecular complexity index is 711. The molecule has 0 fully saturated rings. The van der Waals surface area contributed by atoms with E-state index in [1.165, 1.54) is 11.1 Å². The molecule has 28 heavy (non-hydrogen) atoms. The fraction of sp³-hybridized carbons (Fsp3) is 0.364. The zero-order chi connectivity index (χ0) is 20.2. The molecule has 0 aliphatic heterocycles. The van der Waals surface area contributed by atoms with E-state index < -0.39 is 0 Å². The summed E-state index contributed by atoms with van der Waals surface area (Å²) in [6.07, 6.45) is 3.99. The van der Waals surface area contributed by atoms with Gasteiger partial charge in [0.25, 0.3) is 0 Å². The van der Waals surface area contributed by atoms with Gasteiger partial charge in [0.15, 0.2) is 10.2 Å². The molecule has 0 saturated carbocycles. The number of nitrogens with one attached hydrogen (secondary N) is 4. The Morgan fingerprint density at radius 3 is 1.46 bits per heavy atom. The second-order valence-electron chi connectivity index (χ2n) is 6.49. The second kappa shape index (κ2) is 12.3. The van der Waals surface area contributed by atoms with Gasteiger partial charge in [-0.25, -0.2) is 0 Å². The number of anilines is 2. The third-order valence-corrected chi connectivity index (χ3v) is 4.96. The summed E-state index contributed by atoms with van der Waals surface area (Å²) >= 11 is 10.8. The maximum Gasteiger partial charge on any atom is 0.170 e. The lowest BCUT2D eigenvalue weighted by Gasteiger charge is -2.14. The Kier molecular flexibility index (Phi) is 9.72. The number of benzene rings is 2. The Balaban J connectivity index is 1.60. The van der Waals surface area contributed by atoms with Crippen molar-refractivity contribution in [1.82, 2.24) is 10.6 Å². The monoisotopic (exact) mass is 414 g/mol. The summed E-state index contributed by atoms with van der Waals surface area (Å²) in [6.45, 7) is 5.95. The second-order valence-corrected chi connectivity index (χ2v) is 7.31. The van der Waals surface area contributed by atoms with E-state index >= 15 is 0 Å². The van der Waals surface area contributed by atoms with Gasteiger partial charge in [0.05, 0.1) is 0 Å². The fourth-order valence-electron chi connectivity index (χ4n) is 2.89. The molecule has 0 heterocycles. The molecule has 2 rings (SSSR count). The van der Waals surface area contributed by atoms with Crippen molar-refractivity contribution in [3.63, 3.8) is 0 Å². The smallest absolute Gasteiger partial charge is 0.170 e. The molecule has 6 heteroatoms. The van der Waals surface area contributed by atoms with Gasteiger partial charge in [-0.2, -0.15) is 0 Å². The van der Waals surface area contributed by atoms with E-state index in [1.54, 1.807) is 0 Å². The van der Waals surface area contributed by atoms with E-state index in [4.69, 9.17) is 24.4 Å². The predicted molar refractivity (Wildman–Crippen MR) is 129 cm³/mol. The van der Waals surface area contributed by atoms with Crippen LogP contribution in [-0.4, -0.2) is 23.3 Å². The van der Waals surface area contributed by atoms with Crippen LogP contribution in [0.4, 0.5) is 11.4 Å². The molecule has 150 valence electrons. The van der Waals surface area contributed by atoms with Crippen molar-refractivity contribution < 1.29 is 0 Å². The van der Waals surface area contributed by atoms with E-state index in [1.807, 2.05) is 24.3 Å². The lowest BCUT2D eigenvalue weighted by Crippen LogP contribution is -2.31. The molecule has 0 radical (unpaired) electrons. The maximum absolute atomic E-state index is 5.39. The number of rotatable bonds is 9. The minimum absolute atomic E-state index is 0.669. The largest absolute Gasteiger partial charge is 0.362 e. The molecule has 0 unspecified atom stereocenters. The molecule has 2 aromatic carbocycles. The lowest BCUT2D eigenvalue weighted by molar-refractivity contribution is 0.694. The summed E-state index contributed by atoms with van der Waals surface area (Å²) in [6, 6.07) is 16.5. The molecule has 0 atom stereocenters. The third kappa shape index (κ3) is 7.44. The van der Waals surface area contributed by atoms with E-state index in [9.17, 15) is 0 Å². The van der Waals surface area contributed by atoms with Crippen molar-refractivity contribution >= 4 is 46.0 Å². The predicted octanol–water partition coefficient (Wildman–Crippen LogP) is 4.86. The number of thiocarbonyl (C=S) groups is 2. The third-order valence-electron chi connectivity index (χ3n) is 4.47. The first-order chi connectivity index (χ1) is 13.6. The molecule has 0 spiro atoms. The van der Waals surface area contributed by atoms with Crippen LogP contribution in [0.3, 0.4) is 0 Å². The highest BCUT2D eigenvalue weighted by Gasteiger charge is 2.03. The summed E-state index contributed by atoms with van der Waals surface area (Å²) in [5, 5.41) is 14.4. The van der Waals surface area contributed by atoms with Crippen LogP contribution in [-0.2, 0) is 12.8 Å². The van der Waals surface area contributed by atoms with Crippen LogP contribution in [0.5, 0.6) is 0 Å². The van der Waals surface area contributed by atoms with Crippen molar-refractivity contribution in [3.8, 4) is 0 Å². The fourth-order valence-corrected chi connectivity index (χ4v) is 3.31. The summed E-state index contributed by atoms with van der Waals surface area (Å²) < 4.78 is 0. The van der Waals surface area contributed by atoms with Crippen molar-refractivity contribution in [2.24, 2.45) is 0 Å². The first-order valence-electron chi connectivity index (χ1n) is 9.89. The van der Waals surface area contributed by atoms with Gasteiger partial charge in [-0.1, -0.05) is 50.2 Å². The normalized spacial score (nSPS) is 10.2. The Hall–Kier alpha value is -2.18. The first kappa shape index (κ1) is 22.1. The Morgan fingerprint density at radius 2 is 1.07 bits per heavy atom.